The van der Waals surface area contributed by atoms with Crippen molar-refractivity contribution in [2.45, 2.75) is 70.9 Å². The van der Waals surface area contributed by atoms with E-state index in [1.807, 2.05) is 48.5 Å². The number of aromatic nitrogens is 2. The van der Waals surface area contributed by atoms with Gasteiger partial charge in [0.15, 0.2) is 0 Å². The standard InChI is InChI=1S/C38H42N4O3/c1-38(2,3)32-18-16-26(17-19-32)34-39-40-35(44-34)29-10-7-11-30(23-29)36-41-42-37(45-36)31-12-8-13-33(24-31)43-20-6-4-5-9-27-21-25-14-15-28(27)22-25/h7-8,10-19,23-25,27-28,34,39H,4-6,9,20-22H2,1-3H3. The highest BCUT2D eigenvalue weighted by Crippen LogP contribution is 2.45. The van der Waals surface area contributed by atoms with Gasteiger partial charge in [-0.3, -0.25) is 5.43 Å². The predicted molar refractivity (Wildman–Crippen MR) is 177 cm³/mol. The van der Waals surface area contributed by atoms with Crippen molar-refractivity contribution in [3.63, 3.8) is 0 Å². The number of hydrogen-bond acceptors (Lipinski definition) is 7. The topological polar surface area (TPSA) is 81.8 Å². The molecule has 1 saturated carbocycles. The zero-order valence-electron chi connectivity index (χ0n) is 26.4. The van der Waals surface area contributed by atoms with Crippen molar-refractivity contribution in [1.82, 2.24) is 15.6 Å². The molecule has 4 atom stereocenters. The normalized spacial score (nSPS) is 21.9. The van der Waals surface area contributed by atoms with Gasteiger partial charge in [-0.25, -0.2) is 0 Å². The molecule has 1 fully saturated rings. The Morgan fingerprint density at radius 1 is 0.822 bits per heavy atom. The average molecular weight is 603 g/mol. The van der Waals surface area contributed by atoms with Gasteiger partial charge in [0.2, 0.25) is 23.9 Å². The highest BCUT2D eigenvalue weighted by Gasteiger charge is 2.34. The molecule has 2 bridgehead atoms. The van der Waals surface area contributed by atoms with Crippen molar-refractivity contribution < 1.29 is 13.9 Å². The predicted octanol–water partition coefficient (Wildman–Crippen LogP) is 8.83. The summed E-state index contributed by atoms with van der Waals surface area (Å²) in [6.07, 6.45) is 12.3. The molecule has 3 aliphatic rings. The van der Waals surface area contributed by atoms with E-state index in [1.165, 1.54) is 37.7 Å². The van der Waals surface area contributed by atoms with Crippen LogP contribution in [-0.4, -0.2) is 22.7 Å². The lowest BCUT2D eigenvalue weighted by atomic mass is 9.86. The summed E-state index contributed by atoms with van der Waals surface area (Å²) in [7, 11) is 0. The molecule has 3 aromatic carbocycles. The van der Waals surface area contributed by atoms with Crippen LogP contribution in [0.2, 0.25) is 0 Å². The molecule has 2 aliphatic carbocycles. The highest BCUT2D eigenvalue weighted by molar-refractivity contribution is 5.95. The van der Waals surface area contributed by atoms with Crippen molar-refractivity contribution in [2.75, 3.05) is 6.61 Å². The molecule has 4 unspecified atom stereocenters. The molecule has 0 amide bonds. The van der Waals surface area contributed by atoms with Crippen molar-refractivity contribution in [3.8, 4) is 28.7 Å². The molecule has 0 saturated heterocycles. The third-order valence-corrected chi connectivity index (χ3v) is 9.36. The summed E-state index contributed by atoms with van der Waals surface area (Å²) in [5, 5.41) is 13.1. The van der Waals surface area contributed by atoms with E-state index >= 15 is 0 Å². The van der Waals surface area contributed by atoms with Gasteiger partial charge < -0.3 is 13.9 Å². The Labute approximate surface area is 265 Å². The molecule has 1 aromatic heterocycles. The number of nitrogens with zero attached hydrogens (tertiary/aromatic N) is 3. The van der Waals surface area contributed by atoms with Crippen LogP contribution in [0.3, 0.4) is 0 Å². The van der Waals surface area contributed by atoms with Gasteiger partial charge in [-0.2, -0.15) is 0 Å². The van der Waals surface area contributed by atoms with Crippen molar-refractivity contribution >= 4 is 5.90 Å². The Bertz CT molecular complexity index is 1680. The summed E-state index contributed by atoms with van der Waals surface area (Å²) < 4.78 is 18.4. The fourth-order valence-corrected chi connectivity index (χ4v) is 6.78. The second-order valence-corrected chi connectivity index (χ2v) is 13.7. The number of allylic oxidation sites excluding steroid dienone is 2. The van der Waals surface area contributed by atoms with Gasteiger partial charge in [0.05, 0.1) is 6.61 Å². The molecule has 7 nitrogen and oxygen atoms in total. The number of rotatable bonds is 11. The first-order valence-corrected chi connectivity index (χ1v) is 16.4. The largest absolute Gasteiger partial charge is 0.494 e. The maximum Gasteiger partial charge on any atom is 0.248 e. The summed E-state index contributed by atoms with van der Waals surface area (Å²) in [5.74, 6) is 4.86. The van der Waals surface area contributed by atoms with Crippen LogP contribution >= 0.6 is 0 Å². The molecule has 2 heterocycles. The van der Waals surface area contributed by atoms with Crippen LogP contribution < -0.4 is 10.2 Å². The number of hydrogen-bond donors (Lipinski definition) is 1. The Balaban J connectivity index is 0.926. The molecule has 7 rings (SSSR count). The zero-order valence-corrected chi connectivity index (χ0v) is 26.4. The second-order valence-electron chi connectivity index (χ2n) is 13.7. The monoisotopic (exact) mass is 602 g/mol. The Kier molecular flexibility index (Phi) is 8.18. The van der Waals surface area contributed by atoms with Crippen LogP contribution in [0.25, 0.3) is 22.9 Å². The first-order chi connectivity index (χ1) is 21.9. The maximum absolute atomic E-state index is 6.18. The molecule has 7 heteroatoms. The molecular formula is C38H42N4O3. The van der Waals surface area contributed by atoms with Crippen LogP contribution in [0.1, 0.15) is 82.2 Å². The van der Waals surface area contributed by atoms with Crippen LogP contribution in [0.5, 0.6) is 5.75 Å². The number of hydrazone groups is 1. The number of fused-ring (bicyclic) bond motifs is 2. The highest BCUT2D eigenvalue weighted by atomic mass is 16.5. The van der Waals surface area contributed by atoms with Crippen LogP contribution in [0.4, 0.5) is 0 Å². The van der Waals surface area contributed by atoms with E-state index in [0.717, 1.165) is 52.2 Å². The van der Waals surface area contributed by atoms with Gasteiger partial charge in [-0.05, 0) is 90.8 Å². The third-order valence-electron chi connectivity index (χ3n) is 9.36. The Morgan fingerprint density at radius 2 is 1.58 bits per heavy atom. The van der Waals surface area contributed by atoms with Crippen LogP contribution in [-0.2, 0) is 10.2 Å². The number of unbranched alkanes of at least 4 members (excludes halogenated alkanes) is 2. The Morgan fingerprint density at radius 3 is 2.31 bits per heavy atom. The molecule has 4 aromatic rings. The number of nitrogens with one attached hydrogen (secondary N) is 1. The van der Waals surface area contributed by atoms with E-state index in [4.69, 9.17) is 13.9 Å². The number of ether oxygens (including phenoxy) is 2. The molecular weight excluding hydrogens is 560 g/mol. The second kappa shape index (κ2) is 12.5. The smallest absolute Gasteiger partial charge is 0.248 e. The van der Waals surface area contributed by atoms with E-state index in [1.54, 1.807) is 0 Å². The average Bonchev–Trinajstić information content (AvgIpc) is 3.88. The SMILES string of the molecule is CC(C)(C)c1ccc(C2NN=C(c3cccc(-c4nnc(-c5cccc(OCCCCCC6CC7C=CC6C7)c5)o4)c3)O2)cc1. The van der Waals surface area contributed by atoms with Gasteiger partial charge in [-0.1, -0.05) is 82.2 Å². The fraction of sp³-hybridized carbons (Fsp3) is 0.395. The lowest BCUT2D eigenvalue weighted by molar-refractivity contribution is 0.191. The van der Waals surface area contributed by atoms with E-state index in [0.29, 0.717) is 24.3 Å². The van der Waals surface area contributed by atoms with Gasteiger partial charge in [0.25, 0.3) is 0 Å². The first kappa shape index (κ1) is 29.3. The van der Waals surface area contributed by atoms with Gasteiger partial charge in [0.1, 0.15) is 5.75 Å². The molecule has 0 radical (unpaired) electrons. The fourth-order valence-electron chi connectivity index (χ4n) is 6.78. The summed E-state index contributed by atoms with van der Waals surface area (Å²) in [6.45, 7) is 7.34. The van der Waals surface area contributed by atoms with Crippen molar-refractivity contribution in [1.29, 1.82) is 0 Å². The maximum atomic E-state index is 6.18. The lowest BCUT2D eigenvalue weighted by Crippen LogP contribution is -2.14. The zero-order chi connectivity index (χ0) is 30.8. The van der Waals surface area contributed by atoms with E-state index in [-0.39, 0.29) is 11.6 Å². The third kappa shape index (κ3) is 6.68. The van der Waals surface area contributed by atoms with Gasteiger partial charge >= 0.3 is 0 Å². The molecule has 1 N–H and O–H groups in total. The molecule has 45 heavy (non-hydrogen) atoms. The molecule has 232 valence electrons. The Hall–Kier alpha value is -4.39. The molecule has 1 aliphatic heterocycles. The minimum atomic E-state index is -0.341. The van der Waals surface area contributed by atoms with Crippen molar-refractivity contribution in [3.05, 3.63) is 102 Å². The van der Waals surface area contributed by atoms with Gasteiger partial charge in [-0.15, -0.1) is 15.3 Å². The van der Waals surface area contributed by atoms with Gasteiger partial charge in [0, 0.05) is 22.3 Å². The quantitative estimate of drug-likeness (QED) is 0.136. The van der Waals surface area contributed by atoms with E-state index in [2.05, 4.69) is 77.9 Å². The lowest BCUT2D eigenvalue weighted by Gasteiger charge is -2.20. The van der Waals surface area contributed by atoms with Crippen molar-refractivity contribution in [2.24, 2.45) is 22.9 Å². The first-order valence-electron chi connectivity index (χ1n) is 16.4. The summed E-state index contributed by atoms with van der Waals surface area (Å²) in [5.41, 5.74) is 7.97. The minimum Gasteiger partial charge on any atom is -0.494 e. The van der Waals surface area contributed by atoms with Crippen LogP contribution in [0, 0.1) is 17.8 Å². The van der Waals surface area contributed by atoms with Crippen LogP contribution in [0.15, 0.2) is 94.5 Å². The van der Waals surface area contributed by atoms with E-state index in [9.17, 15) is 0 Å². The molecule has 0 spiro atoms. The number of benzene rings is 3. The summed E-state index contributed by atoms with van der Waals surface area (Å²) in [4.78, 5) is 0. The summed E-state index contributed by atoms with van der Waals surface area (Å²) in [6, 6.07) is 24.1. The summed E-state index contributed by atoms with van der Waals surface area (Å²) >= 11 is 0. The van der Waals surface area contributed by atoms with E-state index < -0.39 is 0 Å². The minimum absolute atomic E-state index is 0.0989.